The van der Waals surface area contributed by atoms with E-state index in [9.17, 15) is 19.8 Å². The Morgan fingerprint density at radius 3 is 0.833 bits per heavy atom. The molecule has 0 aliphatic heterocycles. The van der Waals surface area contributed by atoms with E-state index in [1.807, 2.05) is 76.2 Å². The number of hydrogen-bond acceptors (Lipinski definition) is 12. The quantitative estimate of drug-likeness (QED) is 0.0508. The molecule has 1 aliphatic rings. The Kier molecular flexibility index (Phi) is 18.8. The Balaban J connectivity index is 1.85. The molecule has 0 fully saturated rings. The van der Waals surface area contributed by atoms with E-state index >= 15 is 0 Å². The molecular weight excluding hydrogens is 769 g/mol. The molecule has 5 rings (SSSR count). The average molecular weight is 829 g/mol. The fourth-order valence-electron chi connectivity index (χ4n) is 7.54. The minimum absolute atomic E-state index is 0.234. The molecule has 0 atom stereocenters. The summed E-state index contributed by atoms with van der Waals surface area (Å²) in [4.78, 5) is 25.3. The predicted molar refractivity (Wildman–Crippen MR) is 228 cm³/mol. The summed E-state index contributed by atoms with van der Waals surface area (Å²) < 4.78 is 49.0. The molecule has 0 amide bonds. The second kappa shape index (κ2) is 24.4. The van der Waals surface area contributed by atoms with Crippen LogP contribution in [0.5, 0.6) is 23.0 Å². The van der Waals surface area contributed by atoms with Crippen molar-refractivity contribution in [2.45, 2.75) is 66.6 Å². The summed E-state index contributed by atoms with van der Waals surface area (Å²) in [6.07, 6.45) is 2.76. The molecule has 12 nitrogen and oxygen atoms in total. The maximum atomic E-state index is 12.7. The minimum atomic E-state index is -0.234. The lowest BCUT2D eigenvalue weighted by Crippen LogP contribution is -2.15. The van der Waals surface area contributed by atoms with Gasteiger partial charge in [0.1, 0.15) is 62.0 Å². The van der Waals surface area contributed by atoms with Gasteiger partial charge in [-0.25, -0.2) is 0 Å². The monoisotopic (exact) mass is 828 g/mol. The van der Waals surface area contributed by atoms with Crippen molar-refractivity contribution in [3.05, 3.63) is 115 Å². The first-order valence-electron chi connectivity index (χ1n) is 20.9. The molecular formula is C48H60O12. The van der Waals surface area contributed by atoms with Crippen LogP contribution in [0.25, 0.3) is 0 Å². The lowest BCUT2D eigenvalue weighted by atomic mass is 9.88. The lowest BCUT2D eigenvalue weighted by molar-refractivity contribution is 0.108. The summed E-state index contributed by atoms with van der Waals surface area (Å²) in [6.45, 7) is 11.8. The van der Waals surface area contributed by atoms with Gasteiger partial charge in [0.05, 0.1) is 39.6 Å². The highest BCUT2D eigenvalue weighted by molar-refractivity contribution is 5.78. The van der Waals surface area contributed by atoms with Crippen molar-refractivity contribution in [3.8, 4) is 23.0 Å². The van der Waals surface area contributed by atoms with Crippen molar-refractivity contribution in [2.75, 3.05) is 79.3 Å². The Morgan fingerprint density at radius 2 is 0.633 bits per heavy atom. The zero-order valence-electron chi connectivity index (χ0n) is 35.5. The molecule has 0 saturated heterocycles. The van der Waals surface area contributed by atoms with E-state index in [4.69, 9.17) is 37.9 Å². The molecule has 4 aromatic rings. The maximum absolute atomic E-state index is 12.7. The first kappa shape index (κ1) is 46.2. The summed E-state index contributed by atoms with van der Waals surface area (Å²) in [7, 11) is 0. The molecule has 1 aliphatic carbocycles. The molecule has 0 radical (unpaired) electrons. The molecule has 2 N–H and O–H groups in total. The number of benzene rings is 4. The third-order valence-electron chi connectivity index (χ3n) is 10.0. The normalized spacial score (nSPS) is 12.2. The summed E-state index contributed by atoms with van der Waals surface area (Å²) in [5, 5.41) is 21.3. The highest BCUT2D eigenvalue weighted by Crippen LogP contribution is 2.40. The molecule has 60 heavy (non-hydrogen) atoms. The largest absolute Gasteiger partial charge is 0.491 e. The smallest absolute Gasteiger partial charge is 0.150 e. The molecule has 324 valence electrons. The lowest BCUT2D eigenvalue weighted by Gasteiger charge is -2.24. The Bertz CT molecular complexity index is 1770. The van der Waals surface area contributed by atoms with E-state index < -0.39 is 0 Å². The van der Waals surface area contributed by atoms with E-state index in [1.54, 1.807) is 0 Å². The van der Waals surface area contributed by atoms with Crippen LogP contribution in [0.1, 0.15) is 104 Å². The number of aldehydes is 2. The van der Waals surface area contributed by atoms with E-state index in [1.165, 1.54) is 0 Å². The fraction of sp³-hybridized carbons (Fsp3) is 0.458. The van der Waals surface area contributed by atoms with Crippen LogP contribution < -0.4 is 18.9 Å². The van der Waals surface area contributed by atoms with Gasteiger partial charge in [0.25, 0.3) is 0 Å². The number of fused-ring (bicyclic) bond motifs is 8. The summed E-state index contributed by atoms with van der Waals surface area (Å²) in [5.74, 6) is 2.37. The van der Waals surface area contributed by atoms with Crippen LogP contribution in [0.3, 0.4) is 0 Å². The highest BCUT2D eigenvalue weighted by atomic mass is 16.5. The standard InChI is InChI=1S/C48H60O12/c1-5-53-9-13-57-45-37-17-33(29-49)18-38(45)26-40-20-35(31-51)22-42(47(40)59-15-11-55-7-3)28-44-24-36(32-52)23-43(48(44)60-16-12-56-8-4)27-41-21-34(30-50)19-39(25-37)46(41)58-14-10-54-6-2/h17-24,29,32,50-51H,5-16,25-28,30-31H2,1-4H3. The Hall–Kier alpha value is -4.82. The third-order valence-corrected chi connectivity index (χ3v) is 10.0. The molecule has 4 aromatic carbocycles. The van der Waals surface area contributed by atoms with Crippen LogP contribution in [0.15, 0.2) is 48.5 Å². The van der Waals surface area contributed by atoms with Crippen LogP contribution in [0.4, 0.5) is 0 Å². The molecule has 12 heteroatoms. The van der Waals surface area contributed by atoms with Gasteiger partial charge in [0.2, 0.25) is 0 Å². The first-order chi connectivity index (χ1) is 29.4. The summed E-state index contributed by atoms with van der Waals surface area (Å²) in [5.41, 5.74) is 8.22. The van der Waals surface area contributed by atoms with Gasteiger partial charge < -0.3 is 48.1 Å². The van der Waals surface area contributed by atoms with Crippen LogP contribution in [0.2, 0.25) is 0 Å². The Labute approximate surface area is 353 Å². The van der Waals surface area contributed by atoms with Gasteiger partial charge >= 0.3 is 0 Å². The van der Waals surface area contributed by atoms with Crippen LogP contribution in [-0.2, 0) is 57.8 Å². The Morgan fingerprint density at radius 1 is 0.400 bits per heavy atom. The van der Waals surface area contributed by atoms with E-state index in [2.05, 4.69) is 0 Å². The van der Waals surface area contributed by atoms with Crippen LogP contribution >= 0.6 is 0 Å². The predicted octanol–water partition coefficient (Wildman–Crippen LogP) is 6.63. The zero-order chi connectivity index (χ0) is 42.7. The number of carbonyl (C=O) groups is 2. The maximum Gasteiger partial charge on any atom is 0.150 e. The van der Waals surface area contributed by atoms with Crippen molar-refractivity contribution in [1.29, 1.82) is 0 Å². The average Bonchev–Trinajstić information content (AvgIpc) is 3.25. The second-order valence-corrected chi connectivity index (χ2v) is 14.3. The number of ether oxygens (including phenoxy) is 8. The molecule has 0 unspecified atom stereocenters. The zero-order valence-corrected chi connectivity index (χ0v) is 35.5. The van der Waals surface area contributed by atoms with Gasteiger partial charge in [0, 0.05) is 63.2 Å². The summed E-state index contributed by atoms with van der Waals surface area (Å²) >= 11 is 0. The third kappa shape index (κ3) is 12.6. The van der Waals surface area contributed by atoms with Gasteiger partial charge in [-0.2, -0.15) is 0 Å². The first-order valence-corrected chi connectivity index (χ1v) is 20.9. The van der Waals surface area contributed by atoms with Crippen molar-refractivity contribution < 1.29 is 57.7 Å². The van der Waals surface area contributed by atoms with Gasteiger partial charge in [0.15, 0.2) is 0 Å². The van der Waals surface area contributed by atoms with Crippen molar-refractivity contribution in [2.24, 2.45) is 0 Å². The number of hydrogen-bond donors (Lipinski definition) is 2. The molecule has 0 heterocycles. The van der Waals surface area contributed by atoms with Gasteiger partial charge in [-0.15, -0.1) is 0 Å². The highest BCUT2D eigenvalue weighted by Gasteiger charge is 2.24. The van der Waals surface area contributed by atoms with Gasteiger partial charge in [-0.05, 0) is 132 Å². The van der Waals surface area contributed by atoms with Gasteiger partial charge in [-0.1, -0.05) is 0 Å². The van der Waals surface area contributed by atoms with E-state index in [0.717, 1.165) is 57.1 Å². The van der Waals surface area contributed by atoms with Crippen LogP contribution in [-0.4, -0.2) is 102 Å². The van der Waals surface area contributed by atoms with Crippen LogP contribution in [0, 0.1) is 0 Å². The molecule has 8 bridgehead atoms. The minimum Gasteiger partial charge on any atom is -0.491 e. The SMILES string of the molecule is CCOCCOc1c2cc(C=O)cc1Cc1cc(CO)cc(c1OCCOCC)Cc1cc(C=O)cc(c1OCCOCC)Cc1cc(CO)cc(c1OCCOCC)C2. The van der Waals surface area contributed by atoms with Crippen molar-refractivity contribution in [3.63, 3.8) is 0 Å². The van der Waals surface area contributed by atoms with Crippen molar-refractivity contribution in [1.82, 2.24) is 0 Å². The topological polar surface area (TPSA) is 148 Å². The van der Waals surface area contributed by atoms with Crippen molar-refractivity contribution >= 4 is 12.6 Å². The molecule has 0 aromatic heterocycles. The number of aliphatic hydroxyl groups excluding tert-OH is 2. The fourth-order valence-corrected chi connectivity index (χ4v) is 7.54. The van der Waals surface area contributed by atoms with Gasteiger partial charge in [-0.3, -0.25) is 9.59 Å². The molecule has 0 spiro atoms. The number of rotatable bonds is 24. The number of aliphatic hydroxyl groups is 2. The number of carbonyl (C=O) groups excluding carboxylic acids is 2. The van der Waals surface area contributed by atoms with E-state index in [0.29, 0.717) is 98.1 Å². The summed E-state index contributed by atoms with van der Waals surface area (Å²) in [6, 6.07) is 14.9. The van der Waals surface area contributed by atoms with E-state index in [-0.39, 0.29) is 65.3 Å². The molecule has 0 saturated carbocycles. The second-order valence-electron chi connectivity index (χ2n) is 14.3.